The fraction of sp³-hybridized carbons (Fsp3) is 0.286. The third kappa shape index (κ3) is 3.79. The van der Waals surface area contributed by atoms with Gasteiger partial charge in [-0.15, -0.1) is 0 Å². The lowest BCUT2D eigenvalue weighted by Gasteiger charge is -2.22. The minimum Gasteiger partial charge on any atom is -0.464 e. The minimum absolute atomic E-state index is 0.0807. The highest BCUT2D eigenvalue weighted by atomic mass is 127. The number of alkyl halides is 3. The topological polar surface area (TPSA) is 38.2 Å². The number of hydrogen-bond donors (Lipinski definition) is 0. The van der Waals surface area contributed by atoms with Gasteiger partial charge in [0.25, 0.3) is 0 Å². The molecular weight excluding hydrogens is 410 g/mol. The molecule has 1 aromatic heterocycles. The summed E-state index contributed by atoms with van der Waals surface area (Å²) in [5.41, 5.74) is -0.316. The molecule has 0 unspecified atom stereocenters. The van der Waals surface area contributed by atoms with Gasteiger partial charge in [-0.1, -0.05) is 0 Å². The molecule has 0 saturated carbocycles. The predicted octanol–water partition coefficient (Wildman–Crippen LogP) is 4.27. The van der Waals surface area contributed by atoms with Crippen molar-refractivity contribution in [3.8, 4) is 6.01 Å². The zero-order chi connectivity index (χ0) is 16.3. The monoisotopic (exact) mass is 423 g/mol. The summed E-state index contributed by atoms with van der Waals surface area (Å²) in [4.78, 5) is 8.87. The molecule has 0 aliphatic rings. The number of anilines is 2. The van der Waals surface area contributed by atoms with Crippen molar-refractivity contribution in [3.63, 3.8) is 0 Å². The van der Waals surface area contributed by atoms with Gasteiger partial charge in [-0.3, -0.25) is 0 Å². The standard InChI is InChI=1S/C14H13F3IN3O/c1-3-22-13-19-8-11(14(15,16)17)12(20-13)21(2)10-6-4-9(18)5-7-10/h4-8H,3H2,1-2H3. The lowest BCUT2D eigenvalue weighted by Crippen LogP contribution is -2.19. The molecule has 0 aliphatic carbocycles. The third-order valence-electron chi connectivity index (χ3n) is 2.86. The Balaban J connectivity index is 2.49. The Morgan fingerprint density at radius 1 is 1.23 bits per heavy atom. The van der Waals surface area contributed by atoms with Crippen LogP contribution < -0.4 is 9.64 Å². The highest BCUT2D eigenvalue weighted by Gasteiger charge is 2.36. The van der Waals surface area contributed by atoms with E-state index in [-0.39, 0.29) is 18.4 Å². The van der Waals surface area contributed by atoms with Crippen LogP contribution in [0.3, 0.4) is 0 Å². The first-order valence-electron chi connectivity index (χ1n) is 6.39. The SMILES string of the molecule is CCOc1ncc(C(F)(F)F)c(N(C)c2ccc(I)cc2)n1. The molecule has 118 valence electrons. The lowest BCUT2D eigenvalue weighted by molar-refractivity contribution is -0.137. The van der Waals surface area contributed by atoms with E-state index in [4.69, 9.17) is 4.74 Å². The van der Waals surface area contributed by atoms with E-state index < -0.39 is 11.7 Å². The number of rotatable bonds is 4. The molecule has 0 fully saturated rings. The Morgan fingerprint density at radius 2 is 1.86 bits per heavy atom. The molecule has 4 nitrogen and oxygen atoms in total. The molecule has 0 bridgehead atoms. The normalized spacial score (nSPS) is 11.4. The van der Waals surface area contributed by atoms with Gasteiger partial charge in [-0.25, -0.2) is 4.98 Å². The Labute approximate surface area is 139 Å². The molecule has 2 rings (SSSR count). The number of ether oxygens (including phenoxy) is 1. The summed E-state index contributed by atoms with van der Waals surface area (Å²) < 4.78 is 45.6. The number of hydrogen-bond acceptors (Lipinski definition) is 4. The van der Waals surface area contributed by atoms with Crippen molar-refractivity contribution in [2.45, 2.75) is 13.1 Å². The van der Waals surface area contributed by atoms with E-state index in [1.807, 2.05) is 12.1 Å². The summed E-state index contributed by atoms with van der Waals surface area (Å²) in [5.74, 6) is -0.243. The van der Waals surface area contributed by atoms with E-state index in [1.165, 1.54) is 11.9 Å². The van der Waals surface area contributed by atoms with Crippen LogP contribution in [-0.4, -0.2) is 23.6 Å². The zero-order valence-corrected chi connectivity index (χ0v) is 14.0. The average molecular weight is 423 g/mol. The van der Waals surface area contributed by atoms with Gasteiger partial charge in [0.05, 0.1) is 6.61 Å². The van der Waals surface area contributed by atoms with Crippen molar-refractivity contribution in [2.75, 3.05) is 18.6 Å². The summed E-state index contributed by atoms with van der Waals surface area (Å²) in [6.45, 7) is 1.99. The largest absolute Gasteiger partial charge is 0.464 e. The first kappa shape index (κ1) is 16.8. The highest BCUT2D eigenvalue weighted by Crippen LogP contribution is 2.37. The quantitative estimate of drug-likeness (QED) is 0.689. The summed E-state index contributed by atoms with van der Waals surface area (Å²) in [6.07, 6.45) is -3.80. The van der Waals surface area contributed by atoms with Gasteiger partial charge in [0.1, 0.15) is 5.56 Å². The van der Waals surface area contributed by atoms with Gasteiger partial charge in [0.15, 0.2) is 5.82 Å². The van der Waals surface area contributed by atoms with Crippen LogP contribution in [0.25, 0.3) is 0 Å². The van der Waals surface area contributed by atoms with Crippen LogP contribution in [0, 0.1) is 3.57 Å². The second-order valence-electron chi connectivity index (χ2n) is 4.36. The molecule has 1 heterocycles. The summed E-state index contributed by atoms with van der Waals surface area (Å²) in [6, 6.07) is 6.99. The van der Waals surface area contributed by atoms with Crippen LogP contribution >= 0.6 is 22.6 Å². The second-order valence-corrected chi connectivity index (χ2v) is 5.60. The minimum atomic E-state index is -4.54. The fourth-order valence-corrected chi connectivity index (χ4v) is 2.16. The van der Waals surface area contributed by atoms with Crippen LogP contribution in [0.15, 0.2) is 30.5 Å². The maximum absolute atomic E-state index is 13.2. The van der Waals surface area contributed by atoms with E-state index in [2.05, 4.69) is 32.6 Å². The molecule has 0 aliphatic heterocycles. The fourth-order valence-electron chi connectivity index (χ4n) is 1.80. The first-order valence-corrected chi connectivity index (χ1v) is 7.47. The predicted molar refractivity (Wildman–Crippen MR) is 85.4 cm³/mol. The van der Waals surface area contributed by atoms with E-state index >= 15 is 0 Å². The Hall–Kier alpha value is -1.58. The zero-order valence-electron chi connectivity index (χ0n) is 11.9. The number of benzene rings is 1. The van der Waals surface area contributed by atoms with Gasteiger partial charge in [0, 0.05) is 22.5 Å². The molecule has 0 spiro atoms. The van der Waals surface area contributed by atoms with Crippen molar-refractivity contribution in [2.24, 2.45) is 0 Å². The molecule has 0 saturated heterocycles. The molecule has 22 heavy (non-hydrogen) atoms. The van der Waals surface area contributed by atoms with Crippen molar-refractivity contribution in [1.29, 1.82) is 0 Å². The number of aromatic nitrogens is 2. The Bertz CT molecular complexity index is 647. The third-order valence-corrected chi connectivity index (χ3v) is 3.58. The van der Waals surface area contributed by atoms with Crippen molar-refractivity contribution in [1.82, 2.24) is 9.97 Å². The number of halogens is 4. The van der Waals surface area contributed by atoms with Gasteiger partial charge in [-0.2, -0.15) is 18.2 Å². The molecule has 1 aromatic carbocycles. The lowest BCUT2D eigenvalue weighted by atomic mass is 10.2. The Kier molecular flexibility index (Phi) is 5.09. The molecule has 8 heteroatoms. The maximum Gasteiger partial charge on any atom is 0.421 e. The maximum atomic E-state index is 13.2. The smallest absolute Gasteiger partial charge is 0.421 e. The van der Waals surface area contributed by atoms with Gasteiger partial charge >= 0.3 is 12.2 Å². The molecule has 0 radical (unpaired) electrons. The van der Waals surface area contributed by atoms with Crippen LogP contribution in [0.2, 0.25) is 0 Å². The van der Waals surface area contributed by atoms with Crippen molar-refractivity contribution < 1.29 is 17.9 Å². The van der Waals surface area contributed by atoms with E-state index in [9.17, 15) is 13.2 Å². The second kappa shape index (κ2) is 6.67. The summed E-state index contributed by atoms with van der Waals surface area (Å²) in [7, 11) is 1.52. The van der Waals surface area contributed by atoms with E-state index in [0.29, 0.717) is 5.69 Å². The molecule has 0 atom stereocenters. The molecule has 0 N–H and O–H groups in total. The molecule has 0 amide bonds. The van der Waals surface area contributed by atoms with E-state index in [0.717, 1.165) is 9.77 Å². The van der Waals surface area contributed by atoms with Gasteiger partial charge in [0.2, 0.25) is 0 Å². The van der Waals surface area contributed by atoms with Crippen LogP contribution in [0.1, 0.15) is 12.5 Å². The first-order chi connectivity index (χ1) is 10.3. The highest BCUT2D eigenvalue weighted by molar-refractivity contribution is 14.1. The van der Waals surface area contributed by atoms with Crippen LogP contribution in [-0.2, 0) is 6.18 Å². The van der Waals surface area contributed by atoms with Gasteiger partial charge in [-0.05, 0) is 53.8 Å². The Morgan fingerprint density at radius 3 is 2.41 bits per heavy atom. The average Bonchev–Trinajstić information content (AvgIpc) is 2.46. The summed E-state index contributed by atoms with van der Waals surface area (Å²) in [5, 5.41) is 0. The van der Waals surface area contributed by atoms with Crippen molar-refractivity contribution in [3.05, 3.63) is 39.6 Å². The summed E-state index contributed by atoms with van der Waals surface area (Å²) >= 11 is 2.13. The van der Waals surface area contributed by atoms with Gasteiger partial charge < -0.3 is 9.64 Å². The molecular formula is C14H13F3IN3O. The number of nitrogens with zero attached hydrogens (tertiary/aromatic N) is 3. The molecule has 2 aromatic rings. The van der Waals surface area contributed by atoms with Crippen LogP contribution in [0.4, 0.5) is 24.7 Å². The van der Waals surface area contributed by atoms with Crippen molar-refractivity contribution >= 4 is 34.1 Å². The van der Waals surface area contributed by atoms with Crippen LogP contribution in [0.5, 0.6) is 6.01 Å². The van der Waals surface area contributed by atoms with E-state index in [1.54, 1.807) is 19.1 Å².